The maximum Gasteiger partial charge on any atom is 0.405 e. The van der Waals surface area contributed by atoms with Gasteiger partial charge in [0, 0.05) is 13.1 Å². The highest BCUT2D eigenvalue weighted by molar-refractivity contribution is 5.78. The van der Waals surface area contributed by atoms with E-state index in [0.717, 1.165) is 0 Å². The standard InChI is InChI=1S/C9H13F3N2O3/c1-17-7(15)6-2-3-14(4-6)8(16)13-5-9(10,11)12/h6H,2-5H2,1H3,(H,13,16). The average molecular weight is 254 g/mol. The molecule has 1 saturated heterocycles. The van der Waals surface area contributed by atoms with Crippen LogP contribution in [0.3, 0.4) is 0 Å². The minimum Gasteiger partial charge on any atom is -0.469 e. The van der Waals surface area contributed by atoms with E-state index in [-0.39, 0.29) is 13.1 Å². The van der Waals surface area contributed by atoms with E-state index >= 15 is 0 Å². The molecule has 0 spiro atoms. The molecule has 0 aromatic rings. The van der Waals surface area contributed by atoms with Gasteiger partial charge in [0.15, 0.2) is 0 Å². The molecule has 0 aliphatic carbocycles. The van der Waals surface area contributed by atoms with Crippen LogP contribution in [0.1, 0.15) is 6.42 Å². The maximum atomic E-state index is 11.9. The average Bonchev–Trinajstić information content (AvgIpc) is 2.73. The van der Waals surface area contributed by atoms with Gasteiger partial charge in [0.2, 0.25) is 0 Å². The second kappa shape index (κ2) is 5.24. The molecular formula is C9H13F3N2O3. The predicted molar refractivity (Wildman–Crippen MR) is 51.1 cm³/mol. The highest BCUT2D eigenvalue weighted by Crippen LogP contribution is 2.18. The third-order valence-corrected chi connectivity index (χ3v) is 2.45. The lowest BCUT2D eigenvalue weighted by Gasteiger charge is -2.17. The molecule has 0 bridgehead atoms. The van der Waals surface area contributed by atoms with Crippen molar-refractivity contribution in [2.24, 2.45) is 5.92 Å². The largest absolute Gasteiger partial charge is 0.469 e. The molecule has 1 heterocycles. The Balaban J connectivity index is 2.38. The topological polar surface area (TPSA) is 58.6 Å². The summed E-state index contributed by atoms with van der Waals surface area (Å²) >= 11 is 0. The second-order valence-corrected chi connectivity index (χ2v) is 3.73. The van der Waals surface area contributed by atoms with Crippen molar-refractivity contribution in [3.05, 3.63) is 0 Å². The molecule has 1 unspecified atom stereocenters. The Morgan fingerprint density at radius 3 is 2.65 bits per heavy atom. The molecule has 0 radical (unpaired) electrons. The first kappa shape index (κ1) is 13.6. The number of carbonyl (C=O) groups is 2. The number of halogens is 3. The van der Waals surface area contributed by atoms with Crippen molar-refractivity contribution in [2.75, 3.05) is 26.7 Å². The molecule has 2 amide bonds. The van der Waals surface area contributed by atoms with Crippen LogP contribution < -0.4 is 5.32 Å². The number of ether oxygens (including phenoxy) is 1. The van der Waals surface area contributed by atoms with Crippen LogP contribution in [0, 0.1) is 5.92 Å². The number of alkyl halides is 3. The van der Waals surface area contributed by atoms with Crippen LogP contribution in [0.5, 0.6) is 0 Å². The van der Waals surface area contributed by atoms with E-state index < -0.39 is 30.6 Å². The molecule has 98 valence electrons. The number of nitrogens with one attached hydrogen (secondary N) is 1. The molecule has 1 fully saturated rings. The fraction of sp³-hybridized carbons (Fsp3) is 0.778. The fourth-order valence-corrected chi connectivity index (χ4v) is 1.59. The molecular weight excluding hydrogens is 241 g/mol. The summed E-state index contributed by atoms with van der Waals surface area (Å²) in [5.74, 6) is -0.896. The summed E-state index contributed by atoms with van der Waals surface area (Å²) in [4.78, 5) is 23.6. The molecule has 0 aromatic carbocycles. The van der Waals surface area contributed by atoms with Crippen molar-refractivity contribution in [3.63, 3.8) is 0 Å². The minimum absolute atomic E-state index is 0.0936. The molecule has 0 saturated carbocycles. The fourth-order valence-electron chi connectivity index (χ4n) is 1.59. The number of methoxy groups -OCH3 is 1. The van der Waals surface area contributed by atoms with Crippen LogP contribution in [-0.4, -0.2) is 49.8 Å². The van der Waals surface area contributed by atoms with Gasteiger partial charge in [-0.05, 0) is 6.42 Å². The van der Waals surface area contributed by atoms with Gasteiger partial charge in [-0.3, -0.25) is 4.79 Å². The van der Waals surface area contributed by atoms with Gasteiger partial charge in [-0.1, -0.05) is 0 Å². The van der Waals surface area contributed by atoms with Crippen molar-refractivity contribution in [3.8, 4) is 0 Å². The predicted octanol–water partition coefficient (Wildman–Crippen LogP) is 0.753. The van der Waals surface area contributed by atoms with E-state index in [9.17, 15) is 22.8 Å². The zero-order chi connectivity index (χ0) is 13.1. The van der Waals surface area contributed by atoms with Gasteiger partial charge in [-0.25, -0.2) is 4.79 Å². The number of nitrogens with zero attached hydrogens (tertiary/aromatic N) is 1. The van der Waals surface area contributed by atoms with Crippen LogP contribution in [0.25, 0.3) is 0 Å². The van der Waals surface area contributed by atoms with E-state index in [1.54, 1.807) is 5.32 Å². The number of likely N-dealkylation sites (tertiary alicyclic amines) is 1. The van der Waals surface area contributed by atoms with Gasteiger partial charge in [-0.15, -0.1) is 0 Å². The number of esters is 1. The normalized spacial score (nSPS) is 20.2. The zero-order valence-corrected chi connectivity index (χ0v) is 9.21. The third kappa shape index (κ3) is 4.12. The van der Waals surface area contributed by atoms with Gasteiger partial charge < -0.3 is 15.0 Å². The maximum absolute atomic E-state index is 11.9. The molecule has 8 heteroatoms. The van der Waals surface area contributed by atoms with Crippen molar-refractivity contribution in [1.29, 1.82) is 0 Å². The molecule has 17 heavy (non-hydrogen) atoms. The lowest BCUT2D eigenvalue weighted by molar-refractivity contribution is -0.144. The lowest BCUT2D eigenvalue weighted by atomic mass is 10.1. The monoisotopic (exact) mass is 254 g/mol. The van der Waals surface area contributed by atoms with E-state index in [0.29, 0.717) is 6.42 Å². The highest BCUT2D eigenvalue weighted by atomic mass is 19.4. The summed E-state index contributed by atoms with van der Waals surface area (Å²) in [5.41, 5.74) is 0. The second-order valence-electron chi connectivity index (χ2n) is 3.73. The number of hydrogen-bond acceptors (Lipinski definition) is 3. The van der Waals surface area contributed by atoms with Gasteiger partial charge in [-0.2, -0.15) is 13.2 Å². The van der Waals surface area contributed by atoms with Crippen LogP contribution >= 0.6 is 0 Å². The minimum atomic E-state index is -4.43. The van der Waals surface area contributed by atoms with Gasteiger partial charge >= 0.3 is 18.2 Å². The van der Waals surface area contributed by atoms with Crippen LogP contribution in [0.4, 0.5) is 18.0 Å². The number of hydrogen-bond donors (Lipinski definition) is 1. The van der Waals surface area contributed by atoms with E-state index in [1.807, 2.05) is 0 Å². The molecule has 1 aliphatic rings. The summed E-state index contributed by atoms with van der Waals surface area (Å²) in [5, 5.41) is 1.75. The number of carbonyl (C=O) groups excluding carboxylic acids is 2. The summed E-state index contributed by atoms with van der Waals surface area (Å²) in [6.07, 6.45) is -4.02. The summed E-state index contributed by atoms with van der Waals surface area (Å²) in [6.45, 7) is -1.02. The van der Waals surface area contributed by atoms with Crippen molar-refractivity contribution in [1.82, 2.24) is 10.2 Å². The summed E-state index contributed by atoms with van der Waals surface area (Å²) < 4.78 is 40.1. The van der Waals surface area contributed by atoms with Gasteiger partial charge in [0.1, 0.15) is 6.54 Å². The molecule has 5 nitrogen and oxygen atoms in total. The molecule has 1 N–H and O–H groups in total. The highest BCUT2D eigenvalue weighted by Gasteiger charge is 2.33. The van der Waals surface area contributed by atoms with Crippen molar-refractivity contribution in [2.45, 2.75) is 12.6 Å². The zero-order valence-electron chi connectivity index (χ0n) is 9.21. The number of urea groups is 1. The van der Waals surface area contributed by atoms with Gasteiger partial charge in [0.05, 0.1) is 13.0 Å². The van der Waals surface area contributed by atoms with E-state index in [2.05, 4.69) is 4.74 Å². The third-order valence-electron chi connectivity index (χ3n) is 2.45. The Morgan fingerprint density at radius 2 is 2.12 bits per heavy atom. The van der Waals surface area contributed by atoms with Crippen molar-refractivity contribution >= 4 is 12.0 Å². The van der Waals surface area contributed by atoms with Crippen LogP contribution in [-0.2, 0) is 9.53 Å². The van der Waals surface area contributed by atoms with Crippen molar-refractivity contribution < 1.29 is 27.5 Å². The van der Waals surface area contributed by atoms with E-state index in [1.165, 1.54) is 12.0 Å². The molecule has 0 aromatic heterocycles. The summed E-state index contributed by atoms with van der Waals surface area (Å²) in [7, 11) is 1.23. The first-order chi connectivity index (χ1) is 7.83. The SMILES string of the molecule is COC(=O)C1CCN(C(=O)NCC(F)(F)F)C1. The van der Waals surface area contributed by atoms with Gasteiger partial charge in [0.25, 0.3) is 0 Å². The smallest absolute Gasteiger partial charge is 0.405 e. The Bertz CT molecular complexity index is 306. The number of amides is 2. The van der Waals surface area contributed by atoms with Crippen LogP contribution in [0.15, 0.2) is 0 Å². The van der Waals surface area contributed by atoms with E-state index in [4.69, 9.17) is 0 Å². The van der Waals surface area contributed by atoms with Crippen LogP contribution in [0.2, 0.25) is 0 Å². The molecule has 1 aliphatic heterocycles. The Morgan fingerprint density at radius 1 is 1.47 bits per heavy atom. The summed E-state index contributed by atoms with van der Waals surface area (Å²) in [6, 6.07) is -0.811. The quantitative estimate of drug-likeness (QED) is 0.740. The first-order valence-corrected chi connectivity index (χ1v) is 5.01. The Labute approximate surface area is 95.9 Å². The molecule has 1 rings (SSSR count). The molecule has 1 atom stereocenters. The lowest BCUT2D eigenvalue weighted by Crippen LogP contribution is -2.43. The first-order valence-electron chi connectivity index (χ1n) is 5.01. The Hall–Kier alpha value is -1.47. The Kier molecular flexibility index (Phi) is 4.19. The number of rotatable bonds is 2.